The molecule has 1 aromatic heterocycles. The van der Waals surface area contributed by atoms with Crippen molar-refractivity contribution in [1.82, 2.24) is 10.2 Å². The molecule has 100 valence electrons. The lowest BCUT2D eigenvalue weighted by Crippen LogP contribution is -2.41. The molecule has 1 fully saturated rings. The summed E-state index contributed by atoms with van der Waals surface area (Å²) in [5.41, 5.74) is 0. The maximum Gasteiger partial charge on any atom is 0.264 e. The molecule has 0 aliphatic carbocycles. The number of nitrogens with one attached hydrogen (secondary N) is 1. The maximum atomic E-state index is 12.6. The Kier molecular flexibility index (Phi) is 4.78. The minimum atomic E-state index is 0.218. The van der Waals surface area contributed by atoms with Gasteiger partial charge in [0.25, 0.3) is 5.91 Å². The van der Waals surface area contributed by atoms with Crippen LogP contribution in [0.2, 0.25) is 0 Å². The molecule has 2 rings (SSSR count). The maximum absolute atomic E-state index is 12.6. The predicted molar refractivity (Wildman–Crippen MR) is 76.3 cm³/mol. The van der Waals surface area contributed by atoms with Crippen LogP contribution >= 0.6 is 11.3 Å². The Morgan fingerprint density at radius 2 is 2.33 bits per heavy atom. The second kappa shape index (κ2) is 6.34. The van der Waals surface area contributed by atoms with E-state index < -0.39 is 0 Å². The summed E-state index contributed by atoms with van der Waals surface area (Å²) in [7, 11) is 0. The van der Waals surface area contributed by atoms with Gasteiger partial charge >= 0.3 is 0 Å². The molecule has 0 aromatic carbocycles. The van der Waals surface area contributed by atoms with Crippen molar-refractivity contribution in [2.24, 2.45) is 0 Å². The standard InChI is InChI=1S/C14H22N2OS/c1-3-9-16(11-7-8-15-10-11)14(17)13-6-5-12(4-2)18-13/h5-6,11,15H,3-4,7-10H2,1-2H3. The normalized spacial score (nSPS) is 19.1. The highest BCUT2D eigenvalue weighted by atomic mass is 32.1. The lowest BCUT2D eigenvalue weighted by atomic mass is 10.2. The highest BCUT2D eigenvalue weighted by molar-refractivity contribution is 7.14. The lowest BCUT2D eigenvalue weighted by molar-refractivity contribution is 0.0697. The summed E-state index contributed by atoms with van der Waals surface area (Å²) in [4.78, 5) is 16.8. The summed E-state index contributed by atoms with van der Waals surface area (Å²) in [6.45, 7) is 7.10. The summed E-state index contributed by atoms with van der Waals surface area (Å²) in [5.74, 6) is 0.218. The number of thiophene rings is 1. The van der Waals surface area contributed by atoms with Crippen LogP contribution in [0.3, 0.4) is 0 Å². The van der Waals surface area contributed by atoms with E-state index in [1.807, 2.05) is 6.07 Å². The molecule has 1 aliphatic heterocycles. The van der Waals surface area contributed by atoms with Gasteiger partial charge in [0, 0.05) is 24.0 Å². The van der Waals surface area contributed by atoms with E-state index in [0.29, 0.717) is 6.04 Å². The number of hydrogen-bond acceptors (Lipinski definition) is 3. The fraction of sp³-hybridized carbons (Fsp3) is 0.643. The molecule has 1 aromatic rings. The molecule has 2 heterocycles. The minimum Gasteiger partial charge on any atom is -0.334 e. The zero-order valence-corrected chi connectivity index (χ0v) is 12.1. The van der Waals surface area contributed by atoms with Crippen molar-refractivity contribution in [2.75, 3.05) is 19.6 Å². The van der Waals surface area contributed by atoms with Crippen molar-refractivity contribution < 1.29 is 4.79 Å². The monoisotopic (exact) mass is 266 g/mol. The highest BCUT2D eigenvalue weighted by Crippen LogP contribution is 2.21. The molecule has 1 amide bonds. The molecular weight excluding hydrogens is 244 g/mol. The Morgan fingerprint density at radius 3 is 2.89 bits per heavy atom. The Hall–Kier alpha value is -0.870. The second-order valence-corrected chi connectivity index (χ2v) is 5.93. The molecule has 1 aliphatic rings. The van der Waals surface area contributed by atoms with Crippen molar-refractivity contribution >= 4 is 17.2 Å². The SMILES string of the molecule is CCCN(C(=O)c1ccc(CC)s1)C1CCNC1. The first-order valence-corrected chi connectivity index (χ1v) is 7.68. The zero-order chi connectivity index (χ0) is 13.0. The number of aryl methyl sites for hydroxylation is 1. The van der Waals surface area contributed by atoms with Gasteiger partial charge in [0.15, 0.2) is 0 Å². The van der Waals surface area contributed by atoms with Gasteiger partial charge in [-0.15, -0.1) is 11.3 Å². The number of carbonyl (C=O) groups excluding carboxylic acids is 1. The fourth-order valence-corrected chi connectivity index (χ4v) is 3.32. The minimum absolute atomic E-state index is 0.218. The number of rotatable bonds is 5. The molecule has 1 N–H and O–H groups in total. The molecule has 1 saturated heterocycles. The largest absolute Gasteiger partial charge is 0.334 e. The fourth-order valence-electron chi connectivity index (χ4n) is 2.42. The highest BCUT2D eigenvalue weighted by Gasteiger charge is 2.27. The van der Waals surface area contributed by atoms with Crippen LogP contribution in [0.25, 0.3) is 0 Å². The third-order valence-electron chi connectivity index (χ3n) is 3.42. The van der Waals surface area contributed by atoms with Gasteiger partial charge in [-0.05, 0) is 37.9 Å². The topological polar surface area (TPSA) is 32.3 Å². The van der Waals surface area contributed by atoms with Crippen LogP contribution in [-0.2, 0) is 6.42 Å². The lowest BCUT2D eigenvalue weighted by Gasteiger charge is -2.27. The van der Waals surface area contributed by atoms with Crippen LogP contribution in [0, 0.1) is 0 Å². The van der Waals surface area contributed by atoms with E-state index in [4.69, 9.17) is 0 Å². The molecule has 18 heavy (non-hydrogen) atoms. The molecule has 0 saturated carbocycles. The number of carbonyl (C=O) groups is 1. The third kappa shape index (κ3) is 2.93. The zero-order valence-electron chi connectivity index (χ0n) is 11.2. The quantitative estimate of drug-likeness (QED) is 0.888. The molecule has 1 unspecified atom stereocenters. The van der Waals surface area contributed by atoms with Crippen LogP contribution in [-0.4, -0.2) is 36.5 Å². The first-order chi connectivity index (χ1) is 8.76. The van der Waals surface area contributed by atoms with Gasteiger partial charge in [0.2, 0.25) is 0 Å². The van der Waals surface area contributed by atoms with Crippen molar-refractivity contribution in [1.29, 1.82) is 0 Å². The first kappa shape index (κ1) is 13.6. The molecule has 0 radical (unpaired) electrons. The van der Waals surface area contributed by atoms with Gasteiger partial charge in [0.1, 0.15) is 0 Å². The van der Waals surface area contributed by atoms with Crippen LogP contribution in [0.4, 0.5) is 0 Å². The molecule has 1 atom stereocenters. The van der Waals surface area contributed by atoms with Crippen LogP contribution in [0.1, 0.15) is 41.2 Å². The summed E-state index contributed by atoms with van der Waals surface area (Å²) in [5, 5.41) is 3.34. The third-order valence-corrected chi connectivity index (χ3v) is 4.64. The second-order valence-electron chi connectivity index (χ2n) is 4.76. The van der Waals surface area contributed by atoms with E-state index in [0.717, 1.165) is 43.8 Å². The molecule has 0 bridgehead atoms. The summed E-state index contributed by atoms with van der Waals surface area (Å²) in [6.07, 6.45) is 3.11. The van der Waals surface area contributed by atoms with E-state index in [9.17, 15) is 4.79 Å². The first-order valence-electron chi connectivity index (χ1n) is 6.86. The van der Waals surface area contributed by atoms with Crippen molar-refractivity contribution in [2.45, 2.75) is 39.2 Å². The molecule has 4 heteroatoms. The van der Waals surface area contributed by atoms with E-state index in [2.05, 4.69) is 30.1 Å². The van der Waals surface area contributed by atoms with Crippen molar-refractivity contribution in [3.8, 4) is 0 Å². The van der Waals surface area contributed by atoms with E-state index >= 15 is 0 Å². The average molecular weight is 266 g/mol. The van der Waals surface area contributed by atoms with E-state index in [1.54, 1.807) is 11.3 Å². The molecule has 3 nitrogen and oxygen atoms in total. The predicted octanol–water partition coefficient (Wildman–Crippen LogP) is 2.52. The Labute approximate surface area is 113 Å². The van der Waals surface area contributed by atoms with Crippen LogP contribution in [0.5, 0.6) is 0 Å². The van der Waals surface area contributed by atoms with E-state index in [-0.39, 0.29) is 5.91 Å². The number of nitrogens with zero attached hydrogens (tertiary/aromatic N) is 1. The van der Waals surface area contributed by atoms with Gasteiger partial charge in [-0.25, -0.2) is 0 Å². The molecular formula is C14H22N2OS. The van der Waals surface area contributed by atoms with Crippen molar-refractivity contribution in [3.05, 3.63) is 21.9 Å². The summed E-state index contributed by atoms with van der Waals surface area (Å²) < 4.78 is 0. The van der Waals surface area contributed by atoms with Gasteiger partial charge < -0.3 is 10.2 Å². The number of amides is 1. The van der Waals surface area contributed by atoms with Crippen molar-refractivity contribution in [3.63, 3.8) is 0 Å². The summed E-state index contributed by atoms with van der Waals surface area (Å²) >= 11 is 1.64. The Balaban J connectivity index is 2.11. The smallest absolute Gasteiger partial charge is 0.264 e. The van der Waals surface area contributed by atoms with E-state index in [1.165, 1.54) is 4.88 Å². The van der Waals surface area contributed by atoms with Crippen LogP contribution < -0.4 is 5.32 Å². The van der Waals surface area contributed by atoms with Gasteiger partial charge in [-0.3, -0.25) is 4.79 Å². The Morgan fingerprint density at radius 1 is 1.50 bits per heavy atom. The van der Waals surface area contributed by atoms with Gasteiger partial charge in [0.05, 0.1) is 4.88 Å². The van der Waals surface area contributed by atoms with Gasteiger partial charge in [-0.2, -0.15) is 0 Å². The van der Waals surface area contributed by atoms with Gasteiger partial charge in [-0.1, -0.05) is 13.8 Å². The summed E-state index contributed by atoms with van der Waals surface area (Å²) in [6, 6.07) is 4.44. The Bertz CT molecular complexity index is 396. The molecule has 0 spiro atoms. The number of hydrogen-bond donors (Lipinski definition) is 1. The average Bonchev–Trinajstić information content (AvgIpc) is 3.05. The van der Waals surface area contributed by atoms with Crippen LogP contribution in [0.15, 0.2) is 12.1 Å².